The van der Waals surface area contributed by atoms with Crippen LogP contribution in [-0.2, 0) is 21.2 Å². The van der Waals surface area contributed by atoms with Crippen LogP contribution in [0.4, 0.5) is 0 Å². The highest BCUT2D eigenvalue weighted by atomic mass is 32.2. The van der Waals surface area contributed by atoms with Crippen molar-refractivity contribution < 1.29 is 22.7 Å². The second-order valence-corrected chi connectivity index (χ2v) is 8.16. The number of piperazine rings is 1. The van der Waals surface area contributed by atoms with Crippen LogP contribution < -0.4 is 0 Å². The monoisotopic (exact) mass is 371 g/mol. The third-order valence-electron chi connectivity index (χ3n) is 4.39. The first-order chi connectivity index (χ1) is 11.7. The van der Waals surface area contributed by atoms with Gasteiger partial charge in [-0.3, -0.25) is 4.79 Å². The molecule has 1 aliphatic rings. The second kappa shape index (κ2) is 7.57. The molecule has 1 aliphatic heterocycles. The van der Waals surface area contributed by atoms with Crippen molar-refractivity contribution in [3.8, 4) is 0 Å². The maximum absolute atomic E-state index is 12.9. The summed E-state index contributed by atoms with van der Waals surface area (Å²) in [5.41, 5.74) is 2.09. The number of ether oxygens (including phenoxy) is 1. The standard InChI is InChI=1S/C16H25N3O5S/c1-5-6-12-13(16(21)24-3)11(2)17-14(12)15(20)18-7-9-19(10-8-18)25(4,22)23/h17H,5-10H2,1-4H3. The molecule has 1 aromatic rings. The molecule has 9 heteroatoms. The van der Waals surface area contributed by atoms with Gasteiger partial charge in [0.05, 0.1) is 18.9 Å². The zero-order valence-electron chi connectivity index (χ0n) is 15.1. The Kier molecular flexibility index (Phi) is 5.89. The molecule has 140 valence electrons. The molecule has 0 spiro atoms. The number of sulfonamides is 1. The van der Waals surface area contributed by atoms with Crippen LogP contribution >= 0.6 is 0 Å². The van der Waals surface area contributed by atoms with E-state index in [1.165, 1.54) is 17.7 Å². The van der Waals surface area contributed by atoms with Crippen LogP contribution in [0.15, 0.2) is 0 Å². The van der Waals surface area contributed by atoms with Crippen LogP contribution in [0.5, 0.6) is 0 Å². The quantitative estimate of drug-likeness (QED) is 0.771. The van der Waals surface area contributed by atoms with Gasteiger partial charge in [-0.05, 0) is 18.9 Å². The molecule has 0 aromatic carbocycles. The van der Waals surface area contributed by atoms with Gasteiger partial charge in [0.2, 0.25) is 10.0 Å². The Bertz CT molecular complexity index is 761. The molecular formula is C16H25N3O5S. The fourth-order valence-electron chi connectivity index (χ4n) is 3.12. The number of aromatic nitrogens is 1. The Morgan fingerprint density at radius 1 is 1.20 bits per heavy atom. The van der Waals surface area contributed by atoms with Crippen molar-refractivity contribution in [2.24, 2.45) is 0 Å². The van der Waals surface area contributed by atoms with Crippen molar-refractivity contribution in [3.63, 3.8) is 0 Å². The first kappa shape index (κ1) is 19.5. The number of esters is 1. The zero-order valence-corrected chi connectivity index (χ0v) is 15.9. The molecule has 0 radical (unpaired) electrons. The smallest absolute Gasteiger partial charge is 0.339 e. The largest absolute Gasteiger partial charge is 0.465 e. The van der Waals surface area contributed by atoms with Gasteiger partial charge in [0.25, 0.3) is 5.91 Å². The third-order valence-corrected chi connectivity index (χ3v) is 5.69. The Balaban J connectivity index is 2.27. The minimum absolute atomic E-state index is 0.213. The molecule has 0 unspecified atom stereocenters. The van der Waals surface area contributed by atoms with Crippen LogP contribution in [0.1, 0.15) is 45.4 Å². The van der Waals surface area contributed by atoms with E-state index in [-0.39, 0.29) is 19.0 Å². The lowest BCUT2D eigenvalue weighted by molar-refractivity contribution is 0.0599. The summed E-state index contributed by atoms with van der Waals surface area (Å²) in [6.45, 7) is 4.91. The zero-order chi connectivity index (χ0) is 18.8. The van der Waals surface area contributed by atoms with Gasteiger partial charge in [0.1, 0.15) is 5.69 Å². The highest BCUT2D eigenvalue weighted by Crippen LogP contribution is 2.23. The number of carbonyl (C=O) groups excluding carboxylic acids is 2. The maximum Gasteiger partial charge on any atom is 0.339 e. The van der Waals surface area contributed by atoms with Crippen molar-refractivity contribution in [3.05, 3.63) is 22.5 Å². The minimum atomic E-state index is -3.25. The highest BCUT2D eigenvalue weighted by Gasteiger charge is 2.31. The molecule has 1 fully saturated rings. The number of amides is 1. The molecule has 8 nitrogen and oxygen atoms in total. The normalized spacial score (nSPS) is 16.1. The fourth-order valence-corrected chi connectivity index (χ4v) is 3.95. The predicted octanol–water partition coefficient (Wildman–Crippen LogP) is 0.780. The molecule has 1 saturated heterocycles. The summed E-state index contributed by atoms with van der Waals surface area (Å²) in [6.07, 6.45) is 2.53. The van der Waals surface area contributed by atoms with Crippen LogP contribution in [0.2, 0.25) is 0 Å². The number of hydrogen-bond acceptors (Lipinski definition) is 5. The summed E-state index contributed by atoms with van der Waals surface area (Å²) in [5.74, 6) is -0.673. The van der Waals surface area contributed by atoms with Crippen molar-refractivity contribution in [1.82, 2.24) is 14.2 Å². The summed E-state index contributed by atoms with van der Waals surface area (Å²) in [4.78, 5) is 29.6. The van der Waals surface area contributed by atoms with E-state index in [1.807, 2.05) is 6.92 Å². The molecule has 25 heavy (non-hydrogen) atoms. The van der Waals surface area contributed by atoms with E-state index in [1.54, 1.807) is 11.8 Å². The van der Waals surface area contributed by atoms with Gasteiger partial charge in [-0.15, -0.1) is 0 Å². The van der Waals surface area contributed by atoms with Crippen molar-refractivity contribution in [1.29, 1.82) is 0 Å². The van der Waals surface area contributed by atoms with Crippen LogP contribution in [0, 0.1) is 6.92 Å². The van der Waals surface area contributed by atoms with E-state index in [0.717, 1.165) is 6.42 Å². The van der Waals surface area contributed by atoms with Gasteiger partial charge < -0.3 is 14.6 Å². The summed E-state index contributed by atoms with van der Waals surface area (Å²) in [5, 5.41) is 0. The van der Waals surface area contributed by atoms with Gasteiger partial charge in [-0.2, -0.15) is 4.31 Å². The lowest BCUT2D eigenvalue weighted by Crippen LogP contribution is -2.50. The van der Waals surface area contributed by atoms with Crippen molar-refractivity contribution in [2.75, 3.05) is 39.5 Å². The van der Waals surface area contributed by atoms with E-state index in [9.17, 15) is 18.0 Å². The lowest BCUT2D eigenvalue weighted by Gasteiger charge is -2.33. The minimum Gasteiger partial charge on any atom is -0.465 e. The molecule has 0 saturated carbocycles. The third kappa shape index (κ3) is 4.04. The lowest BCUT2D eigenvalue weighted by atomic mass is 10.0. The number of H-pyrrole nitrogens is 1. The van der Waals surface area contributed by atoms with Crippen LogP contribution in [0.3, 0.4) is 0 Å². The van der Waals surface area contributed by atoms with E-state index in [4.69, 9.17) is 4.74 Å². The Labute approximate surface area is 148 Å². The molecule has 2 rings (SSSR count). The SMILES string of the molecule is CCCc1c(C(=O)N2CCN(S(C)(=O)=O)CC2)[nH]c(C)c1C(=O)OC. The van der Waals surface area contributed by atoms with Gasteiger partial charge in [-0.25, -0.2) is 13.2 Å². The number of aryl methyl sites for hydroxylation is 1. The number of nitrogens with zero attached hydrogens (tertiary/aromatic N) is 2. The van der Waals surface area contributed by atoms with E-state index >= 15 is 0 Å². The molecule has 1 N–H and O–H groups in total. The number of methoxy groups -OCH3 is 1. The van der Waals surface area contributed by atoms with E-state index in [0.29, 0.717) is 42.0 Å². The second-order valence-electron chi connectivity index (χ2n) is 6.17. The number of rotatable bonds is 5. The van der Waals surface area contributed by atoms with Gasteiger partial charge in [-0.1, -0.05) is 13.3 Å². The Morgan fingerprint density at radius 2 is 1.80 bits per heavy atom. The topological polar surface area (TPSA) is 99.8 Å². The number of nitrogens with one attached hydrogen (secondary N) is 1. The van der Waals surface area contributed by atoms with E-state index < -0.39 is 16.0 Å². The molecule has 0 bridgehead atoms. The van der Waals surface area contributed by atoms with Gasteiger partial charge >= 0.3 is 5.97 Å². The maximum atomic E-state index is 12.9. The summed E-state index contributed by atoms with van der Waals surface area (Å²) < 4.78 is 29.4. The highest BCUT2D eigenvalue weighted by molar-refractivity contribution is 7.88. The predicted molar refractivity (Wildman–Crippen MR) is 93.2 cm³/mol. The number of hydrogen-bond donors (Lipinski definition) is 1. The Morgan fingerprint density at radius 3 is 2.28 bits per heavy atom. The summed E-state index contributed by atoms with van der Waals surface area (Å²) in [7, 11) is -1.93. The first-order valence-electron chi connectivity index (χ1n) is 8.24. The van der Waals surface area contributed by atoms with Gasteiger partial charge in [0.15, 0.2) is 0 Å². The van der Waals surface area contributed by atoms with Crippen molar-refractivity contribution >= 4 is 21.9 Å². The Hall–Kier alpha value is -1.87. The summed E-state index contributed by atoms with van der Waals surface area (Å²) >= 11 is 0. The molecule has 0 aliphatic carbocycles. The molecule has 1 amide bonds. The van der Waals surface area contributed by atoms with Gasteiger partial charge in [0, 0.05) is 31.9 Å². The first-order valence-corrected chi connectivity index (χ1v) is 10.1. The van der Waals surface area contributed by atoms with Crippen LogP contribution in [0.25, 0.3) is 0 Å². The average molecular weight is 371 g/mol. The molecule has 0 atom stereocenters. The number of aromatic amines is 1. The van der Waals surface area contributed by atoms with E-state index in [2.05, 4.69) is 4.98 Å². The number of carbonyl (C=O) groups is 2. The fraction of sp³-hybridized carbons (Fsp3) is 0.625. The molecular weight excluding hydrogens is 346 g/mol. The summed E-state index contributed by atoms with van der Waals surface area (Å²) in [6, 6.07) is 0. The molecule has 2 heterocycles. The van der Waals surface area contributed by atoms with Crippen LogP contribution in [-0.4, -0.2) is 74.0 Å². The molecule has 1 aromatic heterocycles. The average Bonchev–Trinajstić information content (AvgIpc) is 2.89. The van der Waals surface area contributed by atoms with Crippen molar-refractivity contribution in [2.45, 2.75) is 26.7 Å².